The average Bonchev–Trinajstić information content (AvgIpc) is 2.60. The second-order valence-electron chi connectivity index (χ2n) is 7.53. The molecule has 0 saturated carbocycles. The number of amides is 2. The molecule has 5 heteroatoms. The number of benzene rings is 2. The van der Waals surface area contributed by atoms with Gasteiger partial charge in [0.15, 0.2) is 6.61 Å². The Kier molecular flexibility index (Phi) is 4.98. The van der Waals surface area contributed by atoms with E-state index < -0.39 is 0 Å². The van der Waals surface area contributed by atoms with Crippen LogP contribution in [-0.2, 0) is 21.4 Å². The molecule has 0 aromatic heterocycles. The molecule has 0 aliphatic carbocycles. The van der Waals surface area contributed by atoms with Crippen molar-refractivity contribution < 1.29 is 14.3 Å². The molecule has 0 atom stereocenters. The lowest BCUT2D eigenvalue weighted by molar-refractivity contribution is -0.118. The molecule has 1 aliphatic rings. The van der Waals surface area contributed by atoms with Crippen molar-refractivity contribution >= 4 is 23.2 Å². The fraction of sp³-hybridized carbons (Fsp3) is 0.333. The van der Waals surface area contributed by atoms with E-state index in [9.17, 15) is 9.59 Å². The Bertz CT molecular complexity index is 837. The van der Waals surface area contributed by atoms with E-state index in [0.29, 0.717) is 24.3 Å². The van der Waals surface area contributed by atoms with E-state index >= 15 is 0 Å². The molecule has 2 aromatic rings. The van der Waals surface area contributed by atoms with E-state index in [-0.39, 0.29) is 23.8 Å². The Hall–Kier alpha value is -2.82. The molecule has 3 rings (SSSR count). The molecule has 1 aliphatic heterocycles. The van der Waals surface area contributed by atoms with Crippen molar-refractivity contribution in [2.24, 2.45) is 0 Å². The van der Waals surface area contributed by atoms with Crippen molar-refractivity contribution in [3.8, 4) is 5.75 Å². The van der Waals surface area contributed by atoms with Gasteiger partial charge in [-0.05, 0) is 53.3 Å². The molecule has 5 nitrogen and oxygen atoms in total. The molecule has 1 heterocycles. The van der Waals surface area contributed by atoms with Crippen molar-refractivity contribution in [3.63, 3.8) is 0 Å². The smallest absolute Gasteiger partial charge is 0.262 e. The fourth-order valence-corrected chi connectivity index (χ4v) is 2.86. The van der Waals surface area contributed by atoms with Gasteiger partial charge in [-0.15, -0.1) is 0 Å². The number of carbonyl (C=O) groups excluding carboxylic acids is 2. The minimum Gasteiger partial charge on any atom is -0.484 e. The summed E-state index contributed by atoms with van der Waals surface area (Å²) >= 11 is 0. The van der Waals surface area contributed by atoms with Crippen LogP contribution in [0.4, 0.5) is 11.4 Å². The van der Waals surface area contributed by atoms with Gasteiger partial charge in [0.2, 0.25) is 5.91 Å². The monoisotopic (exact) mass is 352 g/mol. The van der Waals surface area contributed by atoms with E-state index in [0.717, 1.165) is 16.8 Å². The van der Waals surface area contributed by atoms with E-state index in [1.807, 2.05) is 30.3 Å². The van der Waals surface area contributed by atoms with Crippen molar-refractivity contribution in [1.29, 1.82) is 0 Å². The Morgan fingerprint density at radius 1 is 1.15 bits per heavy atom. The first-order valence-corrected chi connectivity index (χ1v) is 8.77. The maximum absolute atomic E-state index is 12.2. The van der Waals surface area contributed by atoms with Gasteiger partial charge in [-0.25, -0.2) is 0 Å². The van der Waals surface area contributed by atoms with Gasteiger partial charge in [-0.1, -0.05) is 32.9 Å². The molecule has 0 bridgehead atoms. The first-order valence-electron chi connectivity index (χ1n) is 8.77. The molecule has 2 amide bonds. The van der Waals surface area contributed by atoms with Crippen LogP contribution in [0.3, 0.4) is 0 Å². The van der Waals surface area contributed by atoms with Crippen molar-refractivity contribution in [2.45, 2.75) is 39.0 Å². The first-order chi connectivity index (χ1) is 12.3. The van der Waals surface area contributed by atoms with Gasteiger partial charge in [0, 0.05) is 17.8 Å². The molecule has 2 aromatic carbocycles. The van der Waals surface area contributed by atoms with Gasteiger partial charge in [0.1, 0.15) is 5.75 Å². The lowest BCUT2D eigenvalue weighted by atomic mass is 9.87. The van der Waals surface area contributed by atoms with Crippen LogP contribution in [0.25, 0.3) is 0 Å². The minimum atomic E-state index is -0.217. The number of ether oxygens (including phenoxy) is 1. The Morgan fingerprint density at radius 3 is 2.73 bits per heavy atom. The number of hydrogen-bond donors (Lipinski definition) is 2. The predicted molar refractivity (Wildman–Crippen MR) is 103 cm³/mol. The summed E-state index contributed by atoms with van der Waals surface area (Å²) in [6.07, 6.45) is 1.15. The quantitative estimate of drug-likeness (QED) is 0.877. The van der Waals surface area contributed by atoms with Crippen LogP contribution >= 0.6 is 0 Å². The van der Waals surface area contributed by atoms with Crippen LogP contribution in [0.15, 0.2) is 42.5 Å². The molecule has 0 fully saturated rings. The van der Waals surface area contributed by atoms with Crippen LogP contribution in [0.5, 0.6) is 5.75 Å². The molecular weight excluding hydrogens is 328 g/mol. The second kappa shape index (κ2) is 7.20. The SMILES string of the molecule is CC(C)(C)c1cccc(OCC(=O)Nc2ccc3c(c2)CCC(=O)N3)c1. The summed E-state index contributed by atoms with van der Waals surface area (Å²) in [4.78, 5) is 23.6. The zero-order valence-corrected chi connectivity index (χ0v) is 15.4. The number of hydrogen-bond acceptors (Lipinski definition) is 3. The fourth-order valence-electron chi connectivity index (χ4n) is 2.86. The third-order valence-electron chi connectivity index (χ3n) is 4.35. The van der Waals surface area contributed by atoms with Gasteiger partial charge in [-0.2, -0.15) is 0 Å². The summed E-state index contributed by atoms with van der Waals surface area (Å²) in [6, 6.07) is 13.3. The average molecular weight is 352 g/mol. The standard InChI is InChI=1S/C21H24N2O3/c1-21(2,3)15-5-4-6-17(12-15)26-13-20(25)22-16-8-9-18-14(11-16)7-10-19(24)23-18/h4-6,8-9,11-12H,7,10,13H2,1-3H3,(H,22,25)(H,23,24). The number of aryl methyl sites for hydroxylation is 1. The van der Waals surface area contributed by atoms with E-state index in [2.05, 4.69) is 37.5 Å². The predicted octanol–water partition coefficient (Wildman–Crippen LogP) is 3.89. The lowest BCUT2D eigenvalue weighted by Gasteiger charge is -2.20. The lowest BCUT2D eigenvalue weighted by Crippen LogP contribution is -2.22. The third-order valence-corrected chi connectivity index (χ3v) is 4.35. The highest BCUT2D eigenvalue weighted by Gasteiger charge is 2.16. The van der Waals surface area contributed by atoms with Gasteiger partial charge in [0.25, 0.3) is 5.91 Å². The maximum Gasteiger partial charge on any atom is 0.262 e. The molecule has 0 saturated heterocycles. The van der Waals surface area contributed by atoms with Crippen molar-refractivity contribution in [3.05, 3.63) is 53.6 Å². The van der Waals surface area contributed by atoms with Gasteiger partial charge >= 0.3 is 0 Å². The van der Waals surface area contributed by atoms with E-state index in [1.165, 1.54) is 0 Å². The van der Waals surface area contributed by atoms with Crippen LogP contribution < -0.4 is 15.4 Å². The summed E-state index contributed by atoms with van der Waals surface area (Å²) in [5.74, 6) is 0.492. The summed E-state index contributed by atoms with van der Waals surface area (Å²) in [7, 11) is 0. The number of carbonyl (C=O) groups is 2. The molecule has 2 N–H and O–H groups in total. The molecule has 0 radical (unpaired) electrons. The molecular formula is C21H24N2O3. The van der Waals surface area contributed by atoms with Crippen LogP contribution in [-0.4, -0.2) is 18.4 Å². The summed E-state index contributed by atoms with van der Waals surface area (Å²) in [6.45, 7) is 6.35. The normalized spacial score (nSPS) is 13.6. The van der Waals surface area contributed by atoms with Gasteiger partial charge in [-0.3, -0.25) is 9.59 Å². The number of anilines is 2. The Labute approximate surface area is 153 Å². The molecule has 0 unspecified atom stereocenters. The largest absolute Gasteiger partial charge is 0.484 e. The number of rotatable bonds is 4. The van der Waals surface area contributed by atoms with Crippen LogP contribution in [0.1, 0.15) is 38.3 Å². The second-order valence-corrected chi connectivity index (χ2v) is 7.53. The first kappa shape index (κ1) is 18.0. The highest BCUT2D eigenvalue weighted by atomic mass is 16.5. The molecule has 136 valence electrons. The number of nitrogens with one attached hydrogen (secondary N) is 2. The van der Waals surface area contributed by atoms with Crippen LogP contribution in [0.2, 0.25) is 0 Å². The third kappa shape index (κ3) is 4.42. The van der Waals surface area contributed by atoms with E-state index in [1.54, 1.807) is 6.07 Å². The highest BCUT2D eigenvalue weighted by molar-refractivity contribution is 5.96. The van der Waals surface area contributed by atoms with E-state index in [4.69, 9.17) is 4.74 Å². The summed E-state index contributed by atoms with van der Waals surface area (Å²) < 4.78 is 5.63. The van der Waals surface area contributed by atoms with Crippen molar-refractivity contribution in [2.75, 3.05) is 17.2 Å². The molecule has 26 heavy (non-hydrogen) atoms. The van der Waals surface area contributed by atoms with Crippen molar-refractivity contribution in [1.82, 2.24) is 0 Å². The van der Waals surface area contributed by atoms with Gasteiger partial charge < -0.3 is 15.4 Å². The maximum atomic E-state index is 12.2. The number of fused-ring (bicyclic) bond motifs is 1. The summed E-state index contributed by atoms with van der Waals surface area (Å²) in [5, 5.41) is 5.67. The summed E-state index contributed by atoms with van der Waals surface area (Å²) in [5.41, 5.74) is 3.74. The topological polar surface area (TPSA) is 67.4 Å². The minimum absolute atomic E-state index is 0.0279. The Balaban J connectivity index is 1.59. The zero-order valence-electron chi connectivity index (χ0n) is 15.4. The molecule has 0 spiro atoms. The Morgan fingerprint density at radius 2 is 1.96 bits per heavy atom. The zero-order chi connectivity index (χ0) is 18.7. The van der Waals surface area contributed by atoms with Crippen LogP contribution in [0, 0.1) is 0 Å². The highest BCUT2D eigenvalue weighted by Crippen LogP contribution is 2.27. The van der Waals surface area contributed by atoms with Gasteiger partial charge in [0.05, 0.1) is 0 Å².